The van der Waals surface area contributed by atoms with Crippen LogP contribution in [-0.2, 0) is 0 Å². The van der Waals surface area contributed by atoms with Crippen LogP contribution in [0.15, 0.2) is 34.1 Å². The Balaban J connectivity index is 2.12. The first-order valence-corrected chi connectivity index (χ1v) is 7.71. The van der Waals surface area contributed by atoms with Crippen molar-refractivity contribution in [2.45, 2.75) is 26.8 Å². The highest BCUT2D eigenvalue weighted by Crippen LogP contribution is 2.23. The minimum atomic E-state index is -0.0248. The molecule has 0 saturated heterocycles. The topological polar surface area (TPSA) is 29.1 Å². The molecule has 1 unspecified atom stereocenters. The molecule has 2 aromatic rings. The molecule has 0 aliphatic rings. The molecule has 1 aromatic heterocycles. The van der Waals surface area contributed by atoms with Crippen LogP contribution in [0.1, 0.15) is 39.3 Å². The summed E-state index contributed by atoms with van der Waals surface area (Å²) in [5.74, 6) is -0.0248. The molecule has 19 heavy (non-hydrogen) atoms. The Hall–Kier alpha value is -1.13. The molecule has 4 heteroatoms. The fourth-order valence-corrected chi connectivity index (χ4v) is 3.38. The Kier molecular flexibility index (Phi) is 4.42. The van der Waals surface area contributed by atoms with E-state index in [-0.39, 0.29) is 11.9 Å². The number of carbonyl (C=O) groups excluding carboxylic acids is 1. The van der Waals surface area contributed by atoms with E-state index in [9.17, 15) is 4.79 Å². The predicted molar refractivity (Wildman–Crippen MR) is 83.8 cm³/mol. The van der Waals surface area contributed by atoms with Crippen molar-refractivity contribution < 1.29 is 4.79 Å². The highest BCUT2D eigenvalue weighted by molar-refractivity contribution is 9.11. The van der Waals surface area contributed by atoms with Crippen LogP contribution < -0.4 is 5.32 Å². The van der Waals surface area contributed by atoms with Crippen molar-refractivity contribution in [1.29, 1.82) is 0 Å². The zero-order valence-corrected chi connectivity index (χ0v) is 13.6. The fourth-order valence-electron chi connectivity index (χ4n) is 2.09. The lowest BCUT2D eigenvalue weighted by Crippen LogP contribution is -2.26. The number of hydrogen-bond donors (Lipinski definition) is 1. The average Bonchev–Trinajstić information content (AvgIpc) is 2.75. The van der Waals surface area contributed by atoms with Crippen LogP contribution in [0.4, 0.5) is 0 Å². The SMILES string of the molecule is Cc1ccc(C(C)NC(=O)c2ccc(Br)s2)c(C)c1. The number of aryl methyl sites for hydroxylation is 2. The lowest BCUT2D eigenvalue weighted by Gasteiger charge is -2.16. The summed E-state index contributed by atoms with van der Waals surface area (Å²) in [5.41, 5.74) is 3.61. The van der Waals surface area contributed by atoms with Crippen molar-refractivity contribution in [2.24, 2.45) is 0 Å². The van der Waals surface area contributed by atoms with Gasteiger partial charge in [0, 0.05) is 0 Å². The van der Waals surface area contributed by atoms with Crippen LogP contribution in [0.5, 0.6) is 0 Å². The second-order valence-electron chi connectivity index (χ2n) is 4.66. The number of amides is 1. The highest BCUT2D eigenvalue weighted by Gasteiger charge is 2.14. The van der Waals surface area contributed by atoms with Crippen molar-refractivity contribution in [3.05, 3.63) is 55.7 Å². The maximum atomic E-state index is 12.1. The molecule has 0 spiro atoms. The molecule has 0 bridgehead atoms. The van der Waals surface area contributed by atoms with E-state index in [1.165, 1.54) is 22.5 Å². The minimum absolute atomic E-state index is 0.00831. The fraction of sp³-hybridized carbons (Fsp3) is 0.267. The third-order valence-corrected chi connectivity index (χ3v) is 4.66. The summed E-state index contributed by atoms with van der Waals surface area (Å²) in [7, 11) is 0. The van der Waals surface area contributed by atoms with Crippen LogP contribution in [0.25, 0.3) is 0 Å². The molecule has 0 radical (unpaired) electrons. The number of nitrogens with one attached hydrogen (secondary N) is 1. The van der Waals surface area contributed by atoms with Gasteiger partial charge >= 0.3 is 0 Å². The molecule has 0 aliphatic carbocycles. The summed E-state index contributed by atoms with van der Waals surface area (Å²) in [6.45, 7) is 6.16. The molecule has 0 fully saturated rings. The smallest absolute Gasteiger partial charge is 0.261 e. The monoisotopic (exact) mass is 337 g/mol. The molecule has 0 saturated carbocycles. The first-order valence-electron chi connectivity index (χ1n) is 6.10. The molecule has 2 nitrogen and oxygen atoms in total. The average molecular weight is 338 g/mol. The van der Waals surface area contributed by atoms with Gasteiger partial charge in [-0.15, -0.1) is 11.3 Å². The summed E-state index contributed by atoms with van der Waals surface area (Å²) >= 11 is 4.81. The maximum absolute atomic E-state index is 12.1. The Morgan fingerprint density at radius 1 is 1.26 bits per heavy atom. The van der Waals surface area contributed by atoms with Gasteiger partial charge in [0.1, 0.15) is 0 Å². The Morgan fingerprint density at radius 2 is 2.00 bits per heavy atom. The summed E-state index contributed by atoms with van der Waals surface area (Å²) in [4.78, 5) is 12.8. The lowest BCUT2D eigenvalue weighted by molar-refractivity contribution is 0.0944. The van der Waals surface area contributed by atoms with Crippen LogP contribution in [-0.4, -0.2) is 5.91 Å². The van der Waals surface area contributed by atoms with E-state index in [4.69, 9.17) is 0 Å². The number of carbonyl (C=O) groups is 1. The van der Waals surface area contributed by atoms with Crippen LogP contribution in [0, 0.1) is 13.8 Å². The van der Waals surface area contributed by atoms with Gasteiger partial charge in [-0.1, -0.05) is 23.8 Å². The Bertz CT molecular complexity index is 606. The molecule has 2 rings (SSSR count). The summed E-state index contributed by atoms with van der Waals surface area (Å²) in [6.07, 6.45) is 0. The van der Waals surface area contributed by atoms with Crippen LogP contribution in [0.2, 0.25) is 0 Å². The largest absolute Gasteiger partial charge is 0.345 e. The van der Waals surface area contributed by atoms with Crippen molar-refractivity contribution in [3.63, 3.8) is 0 Å². The minimum Gasteiger partial charge on any atom is -0.345 e. The highest BCUT2D eigenvalue weighted by atomic mass is 79.9. The standard InChI is InChI=1S/C15H16BrNOS/c1-9-4-5-12(10(2)8-9)11(3)17-15(18)13-6-7-14(16)19-13/h4-8,11H,1-3H3,(H,17,18). The van der Waals surface area contributed by atoms with Gasteiger partial charge in [0.25, 0.3) is 5.91 Å². The molecule has 1 amide bonds. The van der Waals surface area contributed by atoms with E-state index >= 15 is 0 Å². The van der Waals surface area contributed by atoms with Gasteiger partial charge in [0.15, 0.2) is 0 Å². The normalized spacial score (nSPS) is 12.2. The van der Waals surface area contributed by atoms with Crippen molar-refractivity contribution in [1.82, 2.24) is 5.32 Å². The quantitative estimate of drug-likeness (QED) is 0.869. The van der Waals surface area contributed by atoms with Crippen LogP contribution >= 0.6 is 27.3 Å². The second kappa shape index (κ2) is 5.88. The number of halogens is 1. The van der Waals surface area contributed by atoms with Gasteiger partial charge in [-0.3, -0.25) is 4.79 Å². The summed E-state index contributed by atoms with van der Waals surface area (Å²) in [6, 6.07) is 10.0. The molecule has 1 N–H and O–H groups in total. The zero-order valence-electron chi connectivity index (χ0n) is 11.2. The zero-order chi connectivity index (χ0) is 14.0. The molecular weight excluding hydrogens is 322 g/mol. The van der Waals surface area contributed by atoms with E-state index in [0.29, 0.717) is 0 Å². The van der Waals surface area contributed by atoms with E-state index in [2.05, 4.69) is 53.3 Å². The third-order valence-electron chi connectivity index (χ3n) is 3.04. The first kappa shape index (κ1) is 14.3. The summed E-state index contributed by atoms with van der Waals surface area (Å²) < 4.78 is 0.969. The van der Waals surface area contributed by atoms with E-state index in [0.717, 1.165) is 14.2 Å². The van der Waals surface area contributed by atoms with Gasteiger partial charge in [-0.05, 0) is 60.0 Å². The van der Waals surface area contributed by atoms with Crippen molar-refractivity contribution >= 4 is 33.2 Å². The molecule has 1 aromatic carbocycles. The summed E-state index contributed by atoms with van der Waals surface area (Å²) in [5, 5.41) is 3.04. The van der Waals surface area contributed by atoms with Gasteiger partial charge in [-0.25, -0.2) is 0 Å². The predicted octanol–water partition coefficient (Wildman–Crippen LogP) is 4.62. The van der Waals surface area contributed by atoms with E-state index < -0.39 is 0 Å². The first-order chi connectivity index (χ1) is 8.97. The lowest BCUT2D eigenvalue weighted by atomic mass is 10.0. The number of hydrogen-bond acceptors (Lipinski definition) is 2. The Labute approximate surface area is 126 Å². The van der Waals surface area contributed by atoms with Gasteiger partial charge in [0.05, 0.1) is 14.7 Å². The maximum Gasteiger partial charge on any atom is 0.261 e. The second-order valence-corrected chi connectivity index (χ2v) is 7.12. The van der Waals surface area contributed by atoms with E-state index in [1.54, 1.807) is 0 Å². The number of benzene rings is 1. The molecule has 1 heterocycles. The number of thiophene rings is 1. The van der Waals surface area contributed by atoms with Crippen molar-refractivity contribution in [3.8, 4) is 0 Å². The third kappa shape index (κ3) is 3.45. The molecular formula is C15H16BrNOS. The molecule has 1 atom stereocenters. The van der Waals surface area contributed by atoms with Gasteiger partial charge < -0.3 is 5.32 Å². The number of rotatable bonds is 3. The van der Waals surface area contributed by atoms with Gasteiger partial charge in [-0.2, -0.15) is 0 Å². The molecule has 0 aliphatic heterocycles. The van der Waals surface area contributed by atoms with Gasteiger partial charge in [0.2, 0.25) is 0 Å². The van der Waals surface area contributed by atoms with Crippen LogP contribution in [0.3, 0.4) is 0 Å². The van der Waals surface area contributed by atoms with E-state index in [1.807, 2.05) is 19.1 Å². The van der Waals surface area contributed by atoms with Crippen molar-refractivity contribution in [2.75, 3.05) is 0 Å². The molecule has 100 valence electrons. The Morgan fingerprint density at radius 3 is 2.58 bits per heavy atom.